The average molecular weight is 597 g/mol. The largest absolute Gasteiger partial charge is 0.496 e. The van der Waals surface area contributed by atoms with Crippen LogP contribution in [-0.2, 0) is 15.7 Å². The molecule has 0 unspecified atom stereocenters. The molecule has 2 heterocycles. The number of hydrogen-bond donors (Lipinski definition) is 0. The topological polar surface area (TPSA) is 60.2 Å². The number of carbonyl (C=O) groups is 1. The predicted molar refractivity (Wildman–Crippen MR) is 178 cm³/mol. The fraction of sp³-hybridized carbons (Fsp3) is 0.605. The highest BCUT2D eigenvalue weighted by atomic mass is 16.5. The van der Waals surface area contributed by atoms with Crippen molar-refractivity contribution >= 4 is 11.7 Å². The zero-order valence-corrected chi connectivity index (χ0v) is 27.7. The Hall–Kier alpha value is -3.15. The molecule has 6 heteroatoms. The maximum absolute atomic E-state index is 14.3. The summed E-state index contributed by atoms with van der Waals surface area (Å²) in [5.74, 6) is 2.17. The molecule has 0 aliphatic heterocycles. The SMILES string of the molecule is CCC(C)(CC)n1cc(-c2ccnc(N(CC34CCC(c5ccc(OC)c(C)c5)(CC3)CC4)C(=O)C3CCCCC3)c2)cn1. The molecule has 0 atom stereocenters. The highest BCUT2D eigenvalue weighted by Gasteiger charge is 2.50. The molecule has 2 bridgehead atoms. The molecule has 1 aromatic carbocycles. The fourth-order valence-electron chi connectivity index (χ4n) is 8.41. The van der Waals surface area contributed by atoms with Gasteiger partial charge in [-0.05, 0) is 124 Å². The lowest BCUT2D eigenvalue weighted by Crippen LogP contribution is -2.51. The number of fused-ring (bicyclic) bond motifs is 3. The summed E-state index contributed by atoms with van der Waals surface area (Å²) in [5, 5.41) is 4.77. The van der Waals surface area contributed by atoms with Crippen LogP contribution in [0.4, 0.5) is 5.82 Å². The highest BCUT2D eigenvalue weighted by Crippen LogP contribution is 2.58. The minimum Gasteiger partial charge on any atom is -0.496 e. The number of hydrogen-bond acceptors (Lipinski definition) is 4. The molecule has 7 rings (SSSR count). The van der Waals surface area contributed by atoms with E-state index < -0.39 is 0 Å². The number of aryl methyl sites for hydroxylation is 1. The van der Waals surface area contributed by atoms with E-state index in [1.165, 1.54) is 36.8 Å². The van der Waals surface area contributed by atoms with Crippen LogP contribution in [0.15, 0.2) is 48.9 Å². The lowest BCUT2D eigenvalue weighted by atomic mass is 9.51. The van der Waals surface area contributed by atoms with Gasteiger partial charge in [0.1, 0.15) is 11.6 Å². The number of nitrogens with zero attached hydrogens (tertiary/aromatic N) is 4. The summed E-state index contributed by atoms with van der Waals surface area (Å²) in [6.07, 6.45) is 20.7. The second kappa shape index (κ2) is 12.3. The second-order valence-electron chi connectivity index (χ2n) is 14.5. The van der Waals surface area contributed by atoms with Crippen LogP contribution in [0.3, 0.4) is 0 Å². The van der Waals surface area contributed by atoms with Crippen molar-refractivity contribution in [2.24, 2.45) is 11.3 Å². The van der Waals surface area contributed by atoms with Crippen molar-refractivity contribution < 1.29 is 9.53 Å². The Kier molecular flexibility index (Phi) is 8.65. The van der Waals surface area contributed by atoms with Crippen molar-refractivity contribution in [1.82, 2.24) is 14.8 Å². The van der Waals surface area contributed by atoms with Gasteiger partial charge in [0.25, 0.3) is 0 Å². The van der Waals surface area contributed by atoms with Gasteiger partial charge in [0.05, 0.1) is 18.8 Å². The molecule has 236 valence electrons. The smallest absolute Gasteiger partial charge is 0.231 e. The van der Waals surface area contributed by atoms with E-state index in [1.54, 1.807) is 7.11 Å². The van der Waals surface area contributed by atoms with Crippen molar-refractivity contribution in [3.05, 3.63) is 60.0 Å². The third-order valence-electron chi connectivity index (χ3n) is 12.1. The van der Waals surface area contributed by atoms with Crippen LogP contribution in [-0.4, -0.2) is 34.3 Å². The van der Waals surface area contributed by atoms with Gasteiger partial charge in [-0.25, -0.2) is 4.98 Å². The third kappa shape index (κ3) is 5.70. The molecule has 0 saturated heterocycles. The molecule has 2 aromatic heterocycles. The first-order valence-electron chi connectivity index (χ1n) is 17.2. The van der Waals surface area contributed by atoms with E-state index in [2.05, 4.69) is 73.8 Å². The van der Waals surface area contributed by atoms with E-state index in [-0.39, 0.29) is 28.2 Å². The minimum atomic E-state index is -0.00203. The van der Waals surface area contributed by atoms with Crippen molar-refractivity contribution in [2.75, 3.05) is 18.6 Å². The van der Waals surface area contributed by atoms with Crippen molar-refractivity contribution in [3.8, 4) is 16.9 Å². The Bertz CT molecular complexity index is 1440. The van der Waals surface area contributed by atoms with Crippen LogP contribution >= 0.6 is 0 Å². The summed E-state index contributed by atoms with van der Waals surface area (Å²) in [4.78, 5) is 21.3. The predicted octanol–water partition coefficient (Wildman–Crippen LogP) is 9.00. The van der Waals surface area contributed by atoms with E-state index in [1.807, 2.05) is 12.4 Å². The van der Waals surface area contributed by atoms with Crippen molar-refractivity contribution in [2.45, 2.75) is 122 Å². The molecule has 6 nitrogen and oxygen atoms in total. The van der Waals surface area contributed by atoms with Gasteiger partial charge in [-0.2, -0.15) is 5.10 Å². The first-order valence-corrected chi connectivity index (χ1v) is 17.2. The maximum Gasteiger partial charge on any atom is 0.231 e. The van der Waals surface area contributed by atoms with Crippen molar-refractivity contribution in [3.63, 3.8) is 0 Å². The van der Waals surface area contributed by atoms with Crippen LogP contribution in [0, 0.1) is 18.3 Å². The lowest BCUT2D eigenvalue weighted by Gasteiger charge is -2.55. The van der Waals surface area contributed by atoms with Gasteiger partial charge >= 0.3 is 0 Å². The number of benzene rings is 1. The summed E-state index contributed by atoms with van der Waals surface area (Å²) in [6, 6.07) is 11.0. The molecular formula is C38H52N4O2. The molecular weight excluding hydrogens is 544 g/mol. The van der Waals surface area contributed by atoms with Crippen LogP contribution in [0.5, 0.6) is 5.75 Å². The van der Waals surface area contributed by atoms with Gasteiger partial charge in [-0.1, -0.05) is 45.2 Å². The zero-order chi connectivity index (χ0) is 31.0. The molecule has 4 fully saturated rings. The minimum absolute atomic E-state index is 0.00203. The first kappa shape index (κ1) is 30.9. The van der Waals surface area contributed by atoms with E-state index in [9.17, 15) is 4.79 Å². The normalized spacial score (nSPS) is 23.9. The monoisotopic (exact) mass is 596 g/mol. The number of carbonyl (C=O) groups excluding carboxylic acids is 1. The molecule has 1 amide bonds. The number of ether oxygens (including phenoxy) is 1. The third-order valence-corrected chi connectivity index (χ3v) is 12.1. The second-order valence-corrected chi connectivity index (χ2v) is 14.5. The van der Waals surface area contributed by atoms with E-state index in [0.717, 1.165) is 87.0 Å². The number of rotatable bonds is 10. The first-order chi connectivity index (χ1) is 21.2. The van der Waals surface area contributed by atoms with Crippen molar-refractivity contribution in [1.29, 1.82) is 0 Å². The molecule has 4 aliphatic rings. The summed E-state index contributed by atoms with van der Waals surface area (Å²) >= 11 is 0. The summed E-state index contributed by atoms with van der Waals surface area (Å²) < 4.78 is 7.67. The van der Waals surface area contributed by atoms with Gasteiger partial charge < -0.3 is 4.74 Å². The van der Waals surface area contributed by atoms with Gasteiger partial charge in [-0.3, -0.25) is 14.4 Å². The number of amides is 1. The Morgan fingerprint density at radius 2 is 1.70 bits per heavy atom. The van der Waals surface area contributed by atoms with Gasteiger partial charge in [0.15, 0.2) is 0 Å². The molecule has 0 spiro atoms. The Balaban J connectivity index is 1.27. The van der Waals surface area contributed by atoms with E-state index in [0.29, 0.717) is 0 Å². The molecule has 44 heavy (non-hydrogen) atoms. The quantitative estimate of drug-likeness (QED) is 0.234. The number of methoxy groups -OCH3 is 1. The Labute approximate surface area is 264 Å². The number of anilines is 1. The van der Waals surface area contributed by atoms with Crippen LogP contribution in [0.25, 0.3) is 11.1 Å². The highest BCUT2D eigenvalue weighted by molar-refractivity contribution is 5.95. The number of aromatic nitrogens is 3. The Morgan fingerprint density at radius 1 is 1.00 bits per heavy atom. The zero-order valence-electron chi connectivity index (χ0n) is 27.7. The summed E-state index contributed by atoms with van der Waals surface area (Å²) in [7, 11) is 1.75. The summed E-state index contributed by atoms with van der Waals surface area (Å²) in [5.41, 5.74) is 5.25. The molecule has 4 saturated carbocycles. The van der Waals surface area contributed by atoms with Crippen LogP contribution in [0.1, 0.15) is 115 Å². The average Bonchev–Trinajstić information content (AvgIpc) is 3.59. The van der Waals surface area contributed by atoms with Gasteiger partial charge in [0.2, 0.25) is 5.91 Å². The van der Waals surface area contributed by atoms with E-state index in [4.69, 9.17) is 14.8 Å². The molecule has 3 aromatic rings. The van der Waals surface area contributed by atoms with Crippen LogP contribution in [0.2, 0.25) is 0 Å². The van der Waals surface area contributed by atoms with E-state index >= 15 is 0 Å². The maximum atomic E-state index is 14.3. The fourth-order valence-corrected chi connectivity index (χ4v) is 8.41. The standard InChI is InChI=1S/C38H52N4O2/c1-6-36(4,7-2)42-26-31(25-40-42)30-15-22-39-34(24-30)41(35(43)29-11-9-8-10-12-29)27-37-16-19-38(20-17-37,21-18-37)32-13-14-33(44-5)28(3)23-32/h13-15,22-26,29H,6-12,16-21,27H2,1-5H3. The lowest BCUT2D eigenvalue weighted by molar-refractivity contribution is -0.124. The van der Waals surface area contributed by atoms with Gasteiger partial charge in [0, 0.05) is 30.4 Å². The summed E-state index contributed by atoms with van der Waals surface area (Å²) in [6.45, 7) is 9.65. The molecule has 4 aliphatic carbocycles. The van der Waals surface area contributed by atoms with Crippen LogP contribution < -0.4 is 9.64 Å². The Morgan fingerprint density at radius 3 is 2.34 bits per heavy atom. The molecule has 0 radical (unpaired) electrons. The number of pyridine rings is 1. The molecule has 0 N–H and O–H groups in total. The van der Waals surface area contributed by atoms with Gasteiger partial charge in [-0.15, -0.1) is 0 Å².